The Morgan fingerprint density at radius 3 is 2.50 bits per heavy atom. The number of fused-ring (bicyclic) bond motifs is 2. The largest absolute Gasteiger partial charge is 0.326 e. The van der Waals surface area contributed by atoms with E-state index in [1.165, 1.54) is 12.8 Å². The summed E-state index contributed by atoms with van der Waals surface area (Å²) in [6.45, 7) is 4.60. The van der Waals surface area contributed by atoms with Crippen molar-refractivity contribution in [1.82, 2.24) is 10.6 Å². The van der Waals surface area contributed by atoms with Crippen molar-refractivity contribution in [2.45, 2.75) is 39.2 Å². The Morgan fingerprint density at radius 2 is 2.00 bits per heavy atom. The number of hydrogen-bond acceptors (Lipinski definition) is 2. The summed E-state index contributed by atoms with van der Waals surface area (Å²) in [4.78, 5) is 22.8. The summed E-state index contributed by atoms with van der Waals surface area (Å²) >= 11 is 0. The molecule has 0 aromatic rings. The molecule has 3 aliphatic carbocycles. The summed E-state index contributed by atoms with van der Waals surface area (Å²) in [6.07, 6.45) is 3.52. The number of carbonyl (C=O) groups is 2. The number of rotatable bonds is 1. The van der Waals surface area contributed by atoms with E-state index in [0.29, 0.717) is 17.3 Å². The van der Waals surface area contributed by atoms with Crippen LogP contribution in [-0.4, -0.2) is 18.0 Å². The molecular weight excluding hydrogens is 204 g/mol. The van der Waals surface area contributed by atoms with Gasteiger partial charge in [-0.05, 0) is 42.4 Å². The summed E-state index contributed by atoms with van der Waals surface area (Å²) in [5.74, 6) is 1.64. The van der Waals surface area contributed by atoms with E-state index in [0.717, 1.165) is 12.3 Å². The fourth-order valence-corrected chi connectivity index (χ4v) is 4.00. The molecule has 16 heavy (non-hydrogen) atoms. The molecule has 88 valence electrons. The van der Waals surface area contributed by atoms with E-state index < -0.39 is 0 Å². The monoisotopic (exact) mass is 222 g/mol. The van der Waals surface area contributed by atoms with Gasteiger partial charge in [0.15, 0.2) is 0 Å². The average molecular weight is 222 g/mol. The van der Waals surface area contributed by atoms with Crippen LogP contribution in [0.4, 0.5) is 4.79 Å². The maximum atomic E-state index is 11.7. The lowest BCUT2D eigenvalue weighted by Gasteiger charge is -2.60. The predicted molar refractivity (Wildman–Crippen MR) is 58.6 cm³/mol. The summed E-state index contributed by atoms with van der Waals surface area (Å²) in [5.41, 5.74) is 0.358. The molecule has 3 saturated carbocycles. The topological polar surface area (TPSA) is 58.2 Å². The SMILES string of the molecule is CC1(C)C2CCC(C3NC(=O)NC3=O)C1C2. The Hall–Kier alpha value is -1.06. The van der Waals surface area contributed by atoms with E-state index >= 15 is 0 Å². The molecule has 4 unspecified atom stereocenters. The Kier molecular flexibility index (Phi) is 1.89. The van der Waals surface area contributed by atoms with Gasteiger partial charge in [-0.25, -0.2) is 4.79 Å². The van der Waals surface area contributed by atoms with E-state index in [1.807, 2.05) is 0 Å². The van der Waals surface area contributed by atoms with Crippen molar-refractivity contribution in [2.24, 2.45) is 23.2 Å². The number of hydrogen-bond donors (Lipinski definition) is 2. The van der Waals surface area contributed by atoms with E-state index in [-0.39, 0.29) is 18.0 Å². The third kappa shape index (κ3) is 1.16. The van der Waals surface area contributed by atoms with Crippen LogP contribution in [0.2, 0.25) is 0 Å². The molecule has 0 radical (unpaired) electrons. The van der Waals surface area contributed by atoms with Crippen molar-refractivity contribution < 1.29 is 9.59 Å². The minimum Gasteiger partial charge on any atom is -0.326 e. The lowest BCUT2D eigenvalue weighted by molar-refractivity contribution is -0.134. The average Bonchev–Trinajstić information content (AvgIpc) is 2.57. The molecule has 0 aromatic heterocycles. The minimum absolute atomic E-state index is 0.129. The lowest BCUT2D eigenvalue weighted by Crippen LogP contribution is -2.57. The van der Waals surface area contributed by atoms with Gasteiger partial charge in [0.1, 0.15) is 6.04 Å². The van der Waals surface area contributed by atoms with Crippen molar-refractivity contribution >= 4 is 11.9 Å². The van der Waals surface area contributed by atoms with Crippen molar-refractivity contribution in [1.29, 1.82) is 0 Å². The highest BCUT2D eigenvalue weighted by atomic mass is 16.2. The fraction of sp³-hybridized carbons (Fsp3) is 0.833. The number of carbonyl (C=O) groups excluding carboxylic acids is 2. The molecule has 1 heterocycles. The van der Waals surface area contributed by atoms with Gasteiger partial charge in [-0.1, -0.05) is 13.8 Å². The van der Waals surface area contributed by atoms with Crippen molar-refractivity contribution in [3.63, 3.8) is 0 Å². The normalized spacial score (nSPS) is 44.6. The first-order valence-corrected chi connectivity index (χ1v) is 6.11. The highest BCUT2D eigenvalue weighted by Crippen LogP contribution is 2.62. The maximum Gasteiger partial charge on any atom is 0.322 e. The molecule has 4 nitrogen and oxygen atoms in total. The number of imide groups is 1. The second-order valence-electron chi connectivity index (χ2n) is 6.04. The maximum absolute atomic E-state index is 11.7. The minimum atomic E-state index is -0.325. The molecule has 4 atom stereocenters. The third-order valence-corrected chi connectivity index (χ3v) is 5.15. The van der Waals surface area contributed by atoms with Crippen LogP contribution in [0.1, 0.15) is 33.1 Å². The summed E-state index contributed by atoms with van der Waals surface area (Å²) in [7, 11) is 0. The van der Waals surface area contributed by atoms with Gasteiger partial charge in [-0.2, -0.15) is 0 Å². The van der Waals surface area contributed by atoms with Crippen LogP contribution in [0.25, 0.3) is 0 Å². The Balaban J connectivity index is 1.81. The second-order valence-corrected chi connectivity index (χ2v) is 6.04. The Bertz CT molecular complexity index is 362. The standard InChI is InChI=1S/C12H18N2O2/c1-12(2)6-3-4-7(8(12)5-6)9-10(15)14-11(16)13-9/h6-9H,3-5H2,1-2H3,(H2,13,14,15,16). The van der Waals surface area contributed by atoms with Crippen LogP contribution in [0.5, 0.6) is 0 Å². The van der Waals surface area contributed by atoms with E-state index in [4.69, 9.17) is 0 Å². The number of amides is 3. The van der Waals surface area contributed by atoms with Crippen LogP contribution < -0.4 is 10.6 Å². The predicted octanol–water partition coefficient (Wildman–Crippen LogP) is 1.27. The zero-order valence-corrected chi connectivity index (χ0v) is 9.75. The quantitative estimate of drug-likeness (QED) is 0.656. The Morgan fingerprint density at radius 1 is 1.25 bits per heavy atom. The lowest BCUT2D eigenvalue weighted by atomic mass is 9.44. The molecule has 1 aliphatic heterocycles. The molecule has 4 fully saturated rings. The van der Waals surface area contributed by atoms with Crippen LogP contribution in [0.15, 0.2) is 0 Å². The van der Waals surface area contributed by atoms with Crippen molar-refractivity contribution in [3.05, 3.63) is 0 Å². The zero-order valence-electron chi connectivity index (χ0n) is 9.75. The van der Waals surface area contributed by atoms with Crippen LogP contribution in [0.3, 0.4) is 0 Å². The first-order valence-electron chi connectivity index (χ1n) is 6.11. The van der Waals surface area contributed by atoms with Gasteiger partial charge in [0.05, 0.1) is 0 Å². The van der Waals surface area contributed by atoms with Gasteiger partial charge >= 0.3 is 6.03 Å². The molecule has 4 rings (SSSR count). The van der Waals surface area contributed by atoms with Crippen LogP contribution in [-0.2, 0) is 4.79 Å². The molecule has 0 spiro atoms. The first-order chi connectivity index (χ1) is 7.50. The van der Waals surface area contributed by atoms with Gasteiger partial charge in [0, 0.05) is 0 Å². The molecule has 3 amide bonds. The number of urea groups is 1. The van der Waals surface area contributed by atoms with Gasteiger partial charge < -0.3 is 5.32 Å². The van der Waals surface area contributed by atoms with Gasteiger partial charge in [-0.3, -0.25) is 10.1 Å². The molecular formula is C12H18N2O2. The zero-order chi connectivity index (χ0) is 11.5. The highest BCUT2D eigenvalue weighted by Gasteiger charge is 2.57. The molecule has 1 saturated heterocycles. The van der Waals surface area contributed by atoms with Gasteiger partial charge in [-0.15, -0.1) is 0 Å². The van der Waals surface area contributed by atoms with Crippen LogP contribution >= 0.6 is 0 Å². The summed E-state index contributed by atoms with van der Waals surface area (Å²) < 4.78 is 0. The van der Waals surface area contributed by atoms with E-state index in [2.05, 4.69) is 24.5 Å². The van der Waals surface area contributed by atoms with Gasteiger partial charge in [0.2, 0.25) is 0 Å². The fourth-order valence-electron chi connectivity index (χ4n) is 4.00. The van der Waals surface area contributed by atoms with Crippen molar-refractivity contribution in [3.8, 4) is 0 Å². The second kappa shape index (κ2) is 2.99. The summed E-state index contributed by atoms with van der Waals surface area (Å²) in [6, 6.07) is -0.604. The third-order valence-electron chi connectivity index (χ3n) is 5.15. The summed E-state index contributed by atoms with van der Waals surface area (Å²) in [5, 5.41) is 5.11. The van der Waals surface area contributed by atoms with Gasteiger partial charge in [0.25, 0.3) is 5.91 Å². The first kappa shape index (κ1) is 10.1. The van der Waals surface area contributed by atoms with Crippen molar-refractivity contribution in [2.75, 3.05) is 0 Å². The number of nitrogens with one attached hydrogen (secondary N) is 2. The van der Waals surface area contributed by atoms with Crippen LogP contribution in [0, 0.1) is 23.2 Å². The van der Waals surface area contributed by atoms with E-state index in [9.17, 15) is 9.59 Å². The molecule has 4 heteroatoms. The van der Waals surface area contributed by atoms with E-state index in [1.54, 1.807) is 0 Å². The molecule has 4 aliphatic rings. The smallest absolute Gasteiger partial charge is 0.322 e. The molecule has 2 bridgehead atoms. The Labute approximate surface area is 95.2 Å². The molecule has 2 N–H and O–H groups in total. The highest BCUT2D eigenvalue weighted by molar-refractivity contribution is 6.04. The molecule has 0 aromatic carbocycles.